The lowest BCUT2D eigenvalue weighted by molar-refractivity contribution is -0.137. The largest absolute Gasteiger partial charge is 0.378 e. The summed E-state index contributed by atoms with van der Waals surface area (Å²) in [4.78, 5) is 27.4. The SMILES string of the molecule is O=C(CCCC(=O)N1CCOCC1)N1CCOCC1. The van der Waals surface area contributed by atoms with Crippen molar-refractivity contribution in [3.63, 3.8) is 0 Å². The second-order valence-corrected chi connectivity index (χ2v) is 4.84. The highest BCUT2D eigenvalue weighted by Crippen LogP contribution is 2.07. The number of rotatable bonds is 4. The average Bonchev–Trinajstić information content (AvgIpc) is 2.49. The zero-order chi connectivity index (χ0) is 13.5. The molecule has 6 heteroatoms. The first-order valence-corrected chi connectivity index (χ1v) is 6.98. The fourth-order valence-electron chi connectivity index (χ4n) is 2.33. The summed E-state index contributed by atoms with van der Waals surface area (Å²) >= 11 is 0. The Labute approximate surface area is 113 Å². The molecule has 0 aliphatic carbocycles. The molecule has 2 aliphatic rings. The lowest BCUT2D eigenvalue weighted by Gasteiger charge is -2.28. The lowest BCUT2D eigenvalue weighted by Crippen LogP contribution is -2.41. The summed E-state index contributed by atoms with van der Waals surface area (Å²) in [5.41, 5.74) is 0. The minimum Gasteiger partial charge on any atom is -0.378 e. The van der Waals surface area contributed by atoms with Gasteiger partial charge in [-0.1, -0.05) is 0 Å². The molecule has 2 amide bonds. The Morgan fingerprint density at radius 2 is 1.11 bits per heavy atom. The van der Waals surface area contributed by atoms with Gasteiger partial charge in [-0.25, -0.2) is 0 Å². The molecular weight excluding hydrogens is 248 g/mol. The summed E-state index contributed by atoms with van der Waals surface area (Å²) in [5.74, 6) is 0.274. The van der Waals surface area contributed by atoms with Crippen molar-refractivity contribution >= 4 is 11.8 Å². The van der Waals surface area contributed by atoms with Crippen LogP contribution in [0.2, 0.25) is 0 Å². The van der Waals surface area contributed by atoms with Crippen LogP contribution in [0.3, 0.4) is 0 Å². The number of carbonyl (C=O) groups is 2. The summed E-state index contributed by atoms with van der Waals surface area (Å²) in [6.07, 6.45) is 1.54. The van der Waals surface area contributed by atoms with E-state index in [4.69, 9.17) is 9.47 Å². The third-order valence-corrected chi connectivity index (χ3v) is 3.51. The fraction of sp³-hybridized carbons (Fsp3) is 0.846. The quantitative estimate of drug-likeness (QED) is 0.714. The van der Waals surface area contributed by atoms with Crippen LogP contribution in [0.5, 0.6) is 0 Å². The van der Waals surface area contributed by atoms with Crippen LogP contribution in [0.4, 0.5) is 0 Å². The molecule has 0 saturated carbocycles. The van der Waals surface area contributed by atoms with E-state index in [0.29, 0.717) is 71.9 Å². The van der Waals surface area contributed by atoms with Crippen LogP contribution in [0.15, 0.2) is 0 Å². The number of carbonyl (C=O) groups excluding carboxylic acids is 2. The Balaban J connectivity index is 1.62. The molecule has 0 aromatic heterocycles. The van der Waals surface area contributed by atoms with Gasteiger partial charge in [0.05, 0.1) is 26.4 Å². The van der Waals surface area contributed by atoms with Crippen molar-refractivity contribution in [3.8, 4) is 0 Å². The van der Waals surface area contributed by atoms with Crippen molar-refractivity contribution in [1.82, 2.24) is 9.80 Å². The lowest BCUT2D eigenvalue weighted by atomic mass is 10.2. The minimum absolute atomic E-state index is 0.137. The van der Waals surface area contributed by atoms with E-state index in [1.165, 1.54) is 0 Å². The Hall–Kier alpha value is -1.14. The van der Waals surface area contributed by atoms with E-state index < -0.39 is 0 Å². The van der Waals surface area contributed by atoms with Gasteiger partial charge in [0.2, 0.25) is 11.8 Å². The van der Waals surface area contributed by atoms with E-state index in [1.807, 2.05) is 9.80 Å². The second kappa shape index (κ2) is 7.45. The van der Waals surface area contributed by atoms with Gasteiger partial charge in [0, 0.05) is 39.0 Å². The predicted molar refractivity (Wildman–Crippen MR) is 68.6 cm³/mol. The van der Waals surface area contributed by atoms with Crippen molar-refractivity contribution in [3.05, 3.63) is 0 Å². The number of nitrogens with zero attached hydrogens (tertiary/aromatic N) is 2. The zero-order valence-corrected chi connectivity index (χ0v) is 11.3. The molecule has 0 bridgehead atoms. The number of hydrogen-bond acceptors (Lipinski definition) is 4. The first-order chi connectivity index (χ1) is 9.27. The monoisotopic (exact) mass is 270 g/mol. The van der Waals surface area contributed by atoms with Crippen molar-refractivity contribution in [2.24, 2.45) is 0 Å². The van der Waals surface area contributed by atoms with E-state index in [9.17, 15) is 9.59 Å². The molecule has 108 valence electrons. The van der Waals surface area contributed by atoms with Gasteiger partial charge in [0.15, 0.2) is 0 Å². The van der Waals surface area contributed by atoms with Gasteiger partial charge in [-0.2, -0.15) is 0 Å². The van der Waals surface area contributed by atoms with Crippen LogP contribution >= 0.6 is 0 Å². The van der Waals surface area contributed by atoms with Gasteiger partial charge in [0.1, 0.15) is 0 Å². The van der Waals surface area contributed by atoms with E-state index in [1.54, 1.807) is 0 Å². The van der Waals surface area contributed by atoms with Crippen LogP contribution < -0.4 is 0 Å². The highest BCUT2D eigenvalue weighted by atomic mass is 16.5. The first-order valence-electron chi connectivity index (χ1n) is 6.98. The number of ether oxygens (including phenoxy) is 2. The Morgan fingerprint density at radius 1 is 0.737 bits per heavy atom. The van der Waals surface area contributed by atoms with Crippen LogP contribution in [-0.4, -0.2) is 74.2 Å². The maximum absolute atomic E-state index is 11.9. The summed E-state index contributed by atoms with van der Waals surface area (Å²) in [5, 5.41) is 0. The van der Waals surface area contributed by atoms with Crippen LogP contribution in [-0.2, 0) is 19.1 Å². The average molecular weight is 270 g/mol. The van der Waals surface area contributed by atoms with E-state index in [0.717, 1.165) is 0 Å². The van der Waals surface area contributed by atoms with E-state index in [2.05, 4.69) is 0 Å². The smallest absolute Gasteiger partial charge is 0.222 e. The van der Waals surface area contributed by atoms with E-state index in [-0.39, 0.29) is 11.8 Å². The molecule has 2 rings (SSSR count). The third-order valence-electron chi connectivity index (χ3n) is 3.51. The normalized spacial score (nSPS) is 20.4. The van der Waals surface area contributed by atoms with Crippen LogP contribution in [0.1, 0.15) is 19.3 Å². The Morgan fingerprint density at radius 3 is 1.47 bits per heavy atom. The van der Waals surface area contributed by atoms with Crippen LogP contribution in [0.25, 0.3) is 0 Å². The van der Waals surface area contributed by atoms with Crippen molar-refractivity contribution in [1.29, 1.82) is 0 Å². The molecule has 0 aromatic rings. The molecule has 2 saturated heterocycles. The standard InChI is InChI=1S/C13H22N2O4/c16-12(14-4-8-18-9-5-14)2-1-3-13(17)15-6-10-19-11-7-15/h1-11H2. The molecule has 0 aromatic carbocycles. The zero-order valence-electron chi connectivity index (χ0n) is 11.3. The molecular formula is C13H22N2O4. The van der Waals surface area contributed by atoms with Gasteiger partial charge in [-0.15, -0.1) is 0 Å². The Bertz CT molecular complexity index is 280. The Kier molecular flexibility index (Phi) is 5.60. The molecule has 2 heterocycles. The van der Waals surface area contributed by atoms with Crippen molar-refractivity contribution in [2.45, 2.75) is 19.3 Å². The van der Waals surface area contributed by atoms with Gasteiger partial charge in [-0.05, 0) is 6.42 Å². The number of amides is 2. The highest BCUT2D eigenvalue weighted by molar-refractivity contribution is 5.79. The number of hydrogen-bond donors (Lipinski definition) is 0. The summed E-state index contributed by atoms with van der Waals surface area (Å²) in [6.45, 7) is 5.20. The van der Waals surface area contributed by atoms with E-state index >= 15 is 0 Å². The van der Waals surface area contributed by atoms with Crippen molar-refractivity contribution < 1.29 is 19.1 Å². The summed E-state index contributed by atoms with van der Waals surface area (Å²) in [7, 11) is 0. The molecule has 19 heavy (non-hydrogen) atoms. The predicted octanol–water partition coefficient (Wildman–Crippen LogP) is -0.126. The van der Waals surface area contributed by atoms with Crippen LogP contribution in [0, 0.1) is 0 Å². The summed E-state index contributed by atoms with van der Waals surface area (Å²) < 4.78 is 10.4. The van der Waals surface area contributed by atoms with Crippen molar-refractivity contribution in [2.75, 3.05) is 52.6 Å². The van der Waals surface area contributed by atoms with Gasteiger partial charge < -0.3 is 19.3 Å². The first kappa shape index (κ1) is 14.3. The highest BCUT2D eigenvalue weighted by Gasteiger charge is 2.19. The van der Waals surface area contributed by atoms with Gasteiger partial charge >= 0.3 is 0 Å². The molecule has 0 unspecified atom stereocenters. The molecule has 0 radical (unpaired) electrons. The maximum atomic E-state index is 11.9. The summed E-state index contributed by atoms with van der Waals surface area (Å²) in [6, 6.07) is 0. The molecule has 0 atom stereocenters. The topological polar surface area (TPSA) is 59.1 Å². The van der Waals surface area contributed by atoms with Gasteiger partial charge in [-0.3, -0.25) is 9.59 Å². The number of morpholine rings is 2. The molecule has 0 spiro atoms. The third kappa shape index (κ3) is 4.47. The van der Waals surface area contributed by atoms with Gasteiger partial charge in [0.25, 0.3) is 0 Å². The maximum Gasteiger partial charge on any atom is 0.222 e. The second-order valence-electron chi connectivity index (χ2n) is 4.84. The molecule has 0 N–H and O–H groups in total. The fourth-order valence-corrected chi connectivity index (χ4v) is 2.33. The molecule has 6 nitrogen and oxygen atoms in total. The minimum atomic E-state index is 0.137. The molecule has 2 fully saturated rings. The molecule has 2 aliphatic heterocycles.